The highest BCUT2D eigenvalue weighted by Gasteiger charge is 1.97. The molecule has 0 saturated carbocycles. The zero-order chi connectivity index (χ0) is 15.9. The molecule has 0 radical (unpaired) electrons. The normalized spacial score (nSPS) is 10.8. The molecule has 0 atom stereocenters. The third kappa shape index (κ3) is 12.0. The van der Waals surface area contributed by atoms with Gasteiger partial charge >= 0.3 is 0 Å². The molecule has 0 amide bonds. The summed E-state index contributed by atoms with van der Waals surface area (Å²) in [7, 11) is 3.41. The Balaban J connectivity index is 0.00000484. The van der Waals surface area contributed by atoms with E-state index in [1.807, 2.05) is 12.1 Å². The number of methoxy groups -OCH3 is 1. The Kier molecular flexibility index (Phi) is 15.0. The third-order valence-electron chi connectivity index (χ3n) is 2.71. The van der Waals surface area contributed by atoms with E-state index in [4.69, 9.17) is 14.2 Å². The van der Waals surface area contributed by atoms with Crippen molar-refractivity contribution in [1.29, 1.82) is 0 Å². The van der Waals surface area contributed by atoms with Crippen LogP contribution in [0, 0.1) is 0 Å². The molecule has 1 heterocycles. The van der Waals surface area contributed by atoms with E-state index < -0.39 is 0 Å². The van der Waals surface area contributed by atoms with Crippen LogP contribution in [0.3, 0.4) is 0 Å². The van der Waals surface area contributed by atoms with Gasteiger partial charge in [0.1, 0.15) is 12.4 Å². The van der Waals surface area contributed by atoms with E-state index in [2.05, 4.69) is 20.6 Å². The zero-order valence-corrected chi connectivity index (χ0v) is 16.1. The van der Waals surface area contributed by atoms with Crippen molar-refractivity contribution < 1.29 is 14.2 Å². The Morgan fingerprint density at radius 2 is 2.00 bits per heavy atom. The van der Waals surface area contributed by atoms with Gasteiger partial charge in [-0.05, 0) is 18.6 Å². The molecular formula is C15H27IN4O3. The van der Waals surface area contributed by atoms with Crippen molar-refractivity contribution in [3.63, 3.8) is 0 Å². The van der Waals surface area contributed by atoms with Crippen molar-refractivity contribution in [2.24, 2.45) is 4.99 Å². The van der Waals surface area contributed by atoms with Crippen molar-refractivity contribution in [2.75, 3.05) is 53.7 Å². The molecule has 132 valence electrons. The van der Waals surface area contributed by atoms with Crippen LogP contribution < -0.4 is 15.4 Å². The predicted octanol–water partition coefficient (Wildman–Crippen LogP) is 1.30. The lowest BCUT2D eigenvalue weighted by atomic mass is 10.4. The van der Waals surface area contributed by atoms with Crippen molar-refractivity contribution in [3.05, 3.63) is 24.5 Å². The Morgan fingerprint density at radius 1 is 1.17 bits per heavy atom. The lowest BCUT2D eigenvalue weighted by Crippen LogP contribution is -2.39. The minimum absolute atomic E-state index is 0. The van der Waals surface area contributed by atoms with Gasteiger partial charge in [-0.1, -0.05) is 0 Å². The van der Waals surface area contributed by atoms with Gasteiger partial charge in [0.2, 0.25) is 0 Å². The van der Waals surface area contributed by atoms with Crippen LogP contribution in [0.15, 0.2) is 29.5 Å². The first-order chi connectivity index (χ1) is 10.9. The number of halogens is 1. The number of nitrogens with zero attached hydrogens (tertiary/aromatic N) is 2. The molecule has 1 aromatic rings. The SMILES string of the molecule is CN=C(NCCCOCCOC)NCCOc1cccnc1.I. The smallest absolute Gasteiger partial charge is 0.191 e. The van der Waals surface area contributed by atoms with Crippen LogP contribution in [-0.2, 0) is 9.47 Å². The second-order valence-corrected chi connectivity index (χ2v) is 4.42. The summed E-state index contributed by atoms with van der Waals surface area (Å²) in [6, 6.07) is 3.72. The molecular weight excluding hydrogens is 411 g/mol. The average molecular weight is 438 g/mol. The number of pyridine rings is 1. The Hall–Kier alpha value is -1.13. The molecule has 0 saturated heterocycles. The maximum Gasteiger partial charge on any atom is 0.191 e. The zero-order valence-electron chi connectivity index (χ0n) is 13.8. The Labute approximate surface area is 155 Å². The first kappa shape index (κ1) is 21.9. The summed E-state index contributed by atoms with van der Waals surface area (Å²) in [5.41, 5.74) is 0. The maximum atomic E-state index is 5.54. The Morgan fingerprint density at radius 3 is 2.70 bits per heavy atom. The van der Waals surface area contributed by atoms with E-state index in [0.717, 1.165) is 24.7 Å². The molecule has 2 N–H and O–H groups in total. The van der Waals surface area contributed by atoms with Gasteiger partial charge in [0, 0.05) is 33.5 Å². The third-order valence-corrected chi connectivity index (χ3v) is 2.71. The van der Waals surface area contributed by atoms with Crippen LogP contribution in [-0.4, -0.2) is 64.6 Å². The van der Waals surface area contributed by atoms with E-state index in [1.54, 1.807) is 26.6 Å². The molecule has 0 spiro atoms. The van der Waals surface area contributed by atoms with Gasteiger partial charge in [0.05, 0.1) is 26.0 Å². The molecule has 0 aliphatic rings. The van der Waals surface area contributed by atoms with Gasteiger partial charge in [-0.25, -0.2) is 0 Å². The fraction of sp³-hybridized carbons (Fsp3) is 0.600. The van der Waals surface area contributed by atoms with Gasteiger partial charge < -0.3 is 24.8 Å². The summed E-state index contributed by atoms with van der Waals surface area (Å²) in [5.74, 6) is 1.52. The lowest BCUT2D eigenvalue weighted by molar-refractivity contribution is 0.0698. The topological polar surface area (TPSA) is 77.0 Å². The number of hydrogen-bond acceptors (Lipinski definition) is 5. The summed E-state index contributed by atoms with van der Waals surface area (Å²) in [5, 5.41) is 6.40. The fourth-order valence-corrected chi connectivity index (χ4v) is 1.62. The summed E-state index contributed by atoms with van der Waals surface area (Å²) in [6.07, 6.45) is 4.32. The maximum absolute atomic E-state index is 5.54. The number of aliphatic imine (C=N–C) groups is 1. The molecule has 7 nitrogen and oxygen atoms in total. The number of rotatable bonds is 11. The van der Waals surface area contributed by atoms with Crippen LogP contribution in [0.4, 0.5) is 0 Å². The van der Waals surface area contributed by atoms with Gasteiger partial charge in [-0.15, -0.1) is 24.0 Å². The molecule has 0 aromatic carbocycles. The second-order valence-electron chi connectivity index (χ2n) is 4.42. The molecule has 0 bridgehead atoms. The van der Waals surface area contributed by atoms with Crippen LogP contribution in [0.2, 0.25) is 0 Å². The highest BCUT2D eigenvalue weighted by molar-refractivity contribution is 14.0. The highest BCUT2D eigenvalue weighted by atomic mass is 127. The van der Waals surface area contributed by atoms with Crippen molar-refractivity contribution in [3.8, 4) is 5.75 Å². The van der Waals surface area contributed by atoms with Gasteiger partial charge in [0.25, 0.3) is 0 Å². The second kappa shape index (κ2) is 15.8. The summed E-state index contributed by atoms with van der Waals surface area (Å²) >= 11 is 0. The molecule has 1 rings (SSSR count). The number of nitrogens with one attached hydrogen (secondary N) is 2. The van der Waals surface area contributed by atoms with Crippen molar-refractivity contribution in [2.45, 2.75) is 6.42 Å². The van der Waals surface area contributed by atoms with Crippen LogP contribution in [0.25, 0.3) is 0 Å². The number of aromatic nitrogens is 1. The fourth-order valence-electron chi connectivity index (χ4n) is 1.62. The molecule has 0 aliphatic carbocycles. The van der Waals surface area contributed by atoms with E-state index in [1.165, 1.54) is 0 Å². The first-order valence-electron chi connectivity index (χ1n) is 7.41. The number of ether oxygens (including phenoxy) is 3. The highest BCUT2D eigenvalue weighted by Crippen LogP contribution is 2.04. The van der Waals surface area contributed by atoms with E-state index in [-0.39, 0.29) is 24.0 Å². The van der Waals surface area contributed by atoms with Crippen LogP contribution >= 0.6 is 24.0 Å². The first-order valence-corrected chi connectivity index (χ1v) is 7.41. The van der Waals surface area contributed by atoms with Gasteiger partial charge in [0.15, 0.2) is 5.96 Å². The molecule has 1 aromatic heterocycles. The minimum atomic E-state index is 0. The lowest BCUT2D eigenvalue weighted by Gasteiger charge is -2.12. The number of guanidine groups is 1. The van der Waals surface area contributed by atoms with E-state index in [9.17, 15) is 0 Å². The predicted molar refractivity (Wildman–Crippen MR) is 102 cm³/mol. The van der Waals surface area contributed by atoms with Crippen LogP contribution in [0.1, 0.15) is 6.42 Å². The Bertz CT molecular complexity index is 407. The monoisotopic (exact) mass is 438 g/mol. The van der Waals surface area contributed by atoms with E-state index in [0.29, 0.717) is 33.0 Å². The standard InChI is InChI=1S/C15H26N4O3.HI/c1-16-15(18-7-4-9-21-12-11-20-2)19-8-10-22-14-5-3-6-17-13-14;/h3,5-6,13H,4,7-12H2,1-2H3,(H2,16,18,19);1H. The van der Waals surface area contributed by atoms with Gasteiger partial charge in [-0.2, -0.15) is 0 Å². The molecule has 23 heavy (non-hydrogen) atoms. The summed E-state index contributed by atoms with van der Waals surface area (Å²) in [4.78, 5) is 8.14. The van der Waals surface area contributed by atoms with Crippen LogP contribution in [0.5, 0.6) is 5.75 Å². The number of hydrogen-bond donors (Lipinski definition) is 2. The molecule has 0 fully saturated rings. The summed E-state index contributed by atoms with van der Waals surface area (Å²) in [6.45, 7) is 3.99. The largest absolute Gasteiger partial charge is 0.490 e. The average Bonchev–Trinajstić information content (AvgIpc) is 2.57. The molecule has 0 unspecified atom stereocenters. The van der Waals surface area contributed by atoms with E-state index >= 15 is 0 Å². The minimum Gasteiger partial charge on any atom is -0.490 e. The van der Waals surface area contributed by atoms with Gasteiger partial charge in [-0.3, -0.25) is 9.98 Å². The van der Waals surface area contributed by atoms with Crippen molar-refractivity contribution >= 4 is 29.9 Å². The molecule has 8 heteroatoms. The quantitative estimate of drug-likeness (QED) is 0.235. The van der Waals surface area contributed by atoms with Crippen molar-refractivity contribution in [1.82, 2.24) is 15.6 Å². The molecule has 0 aliphatic heterocycles. The summed E-state index contributed by atoms with van der Waals surface area (Å²) < 4.78 is 15.8.